The van der Waals surface area contributed by atoms with Crippen molar-refractivity contribution in [3.8, 4) is 0 Å². The zero-order valence-corrected chi connectivity index (χ0v) is 4.92. The highest BCUT2D eigenvalue weighted by atomic mass is 16.1. The molecule has 0 unspecified atom stereocenters. The highest BCUT2D eigenvalue weighted by Gasteiger charge is 2.18. The van der Waals surface area contributed by atoms with Crippen molar-refractivity contribution in [2.24, 2.45) is 0 Å². The second-order valence-corrected chi connectivity index (χ2v) is 2.28. The first kappa shape index (κ1) is 4.74. The predicted molar refractivity (Wildman–Crippen MR) is 34.6 cm³/mol. The molecule has 0 heterocycles. The molecule has 0 spiro atoms. The molecule has 0 aliphatic heterocycles. The van der Waals surface area contributed by atoms with Crippen molar-refractivity contribution >= 4 is 6.29 Å². The number of carbonyl (C=O) groups excluding carboxylic acids is 1. The van der Waals surface area contributed by atoms with E-state index in [1.165, 1.54) is 11.1 Å². The molecule has 0 amide bonds. The van der Waals surface area contributed by atoms with E-state index >= 15 is 0 Å². The van der Waals surface area contributed by atoms with Gasteiger partial charge in [0.25, 0.3) is 0 Å². The molecule has 1 aliphatic carbocycles. The summed E-state index contributed by atoms with van der Waals surface area (Å²) in [5.74, 6) is 0. The molecule has 0 N–H and O–H groups in total. The number of fused-ring (bicyclic) bond motifs is 1. The highest BCUT2D eigenvalue weighted by Crippen LogP contribution is 2.29. The quantitative estimate of drug-likeness (QED) is 0.517. The Balaban J connectivity index is 2.62. The first-order valence-corrected chi connectivity index (χ1v) is 2.98. The topological polar surface area (TPSA) is 17.1 Å². The fourth-order valence-electron chi connectivity index (χ4n) is 1.07. The lowest BCUT2D eigenvalue weighted by molar-refractivity contribution is 0.112. The second kappa shape index (κ2) is 1.44. The minimum atomic E-state index is 0.868. The number of rotatable bonds is 1. The summed E-state index contributed by atoms with van der Waals surface area (Å²) in [7, 11) is 0. The SMILES string of the molecule is O=Cc1cccc2c1C2. The summed E-state index contributed by atoms with van der Waals surface area (Å²) in [6, 6.07) is 5.84. The Labute approximate surface area is 53.3 Å². The Morgan fingerprint density at radius 2 is 2.33 bits per heavy atom. The summed E-state index contributed by atoms with van der Waals surface area (Å²) < 4.78 is 0. The largest absolute Gasteiger partial charge is 0.298 e. The van der Waals surface area contributed by atoms with Gasteiger partial charge in [0, 0.05) is 5.56 Å². The average Bonchev–Trinajstić information content (AvgIpc) is 2.64. The summed E-state index contributed by atoms with van der Waals surface area (Å²) in [6.07, 6.45) is 1.95. The van der Waals surface area contributed by atoms with Crippen LogP contribution in [0.15, 0.2) is 18.2 Å². The van der Waals surface area contributed by atoms with E-state index in [2.05, 4.69) is 6.07 Å². The van der Waals surface area contributed by atoms with Crippen LogP contribution in [0.2, 0.25) is 0 Å². The Bertz CT molecular complexity index is 263. The monoisotopic (exact) mass is 118 g/mol. The second-order valence-electron chi connectivity index (χ2n) is 2.28. The van der Waals surface area contributed by atoms with Crippen molar-refractivity contribution in [1.82, 2.24) is 0 Å². The van der Waals surface area contributed by atoms with E-state index in [-0.39, 0.29) is 0 Å². The third-order valence-electron chi connectivity index (χ3n) is 1.68. The van der Waals surface area contributed by atoms with Crippen LogP contribution in [-0.4, -0.2) is 6.29 Å². The number of carbonyl (C=O) groups is 1. The molecule has 1 aliphatic rings. The van der Waals surface area contributed by atoms with E-state index in [0.29, 0.717) is 0 Å². The maximum absolute atomic E-state index is 10.3. The molecular weight excluding hydrogens is 112 g/mol. The van der Waals surface area contributed by atoms with Crippen LogP contribution in [0.4, 0.5) is 0 Å². The lowest BCUT2D eigenvalue weighted by Gasteiger charge is -1.81. The van der Waals surface area contributed by atoms with Crippen molar-refractivity contribution in [2.75, 3.05) is 0 Å². The van der Waals surface area contributed by atoms with Crippen molar-refractivity contribution < 1.29 is 4.79 Å². The maximum atomic E-state index is 10.3. The molecule has 44 valence electrons. The van der Waals surface area contributed by atoms with Gasteiger partial charge in [-0.05, 0) is 17.5 Å². The maximum Gasteiger partial charge on any atom is 0.150 e. The van der Waals surface area contributed by atoms with Crippen LogP contribution < -0.4 is 0 Å². The number of benzene rings is 1. The zero-order valence-electron chi connectivity index (χ0n) is 4.92. The molecule has 0 fully saturated rings. The van der Waals surface area contributed by atoms with Gasteiger partial charge in [-0.1, -0.05) is 18.2 Å². The molecule has 0 radical (unpaired) electrons. The average molecular weight is 118 g/mol. The van der Waals surface area contributed by atoms with Gasteiger partial charge in [0.15, 0.2) is 0 Å². The summed E-state index contributed by atoms with van der Waals surface area (Å²) in [5, 5.41) is 0. The van der Waals surface area contributed by atoms with Crippen LogP contribution in [0.3, 0.4) is 0 Å². The summed E-state index contributed by atoms with van der Waals surface area (Å²) in [4.78, 5) is 10.3. The Morgan fingerprint density at radius 3 is 3.00 bits per heavy atom. The molecule has 0 saturated carbocycles. The molecule has 0 saturated heterocycles. The van der Waals surface area contributed by atoms with Crippen LogP contribution in [0.5, 0.6) is 0 Å². The third-order valence-corrected chi connectivity index (χ3v) is 1.68. The standard InChI is InChI=1S/C8H6O/c9-5-7-3-1-2-6-4-8(6)7/h1-3,5H,4H2. The molecule has 1 aromatic carbocycles. The Morgan fingerprint density at radius 1 is 1.44 bits per heavy atom. The Kier molecular flexibility index (Phi) is 0.758. The zero-order chi connectivity index (χ0) is 6.27. The fraction of sp³-hybridized carbons (Fsp3) is 0.125. The van der Waals surface area contributed by atoms with Crippen LogP contribution in [0, 0.1) is 0 Å². The first-order chi connectivity index (χ1) is 4.42. The van der Waals surface area contributed by atoms with Gasteiger partial charge < -0.3 is 0 Å². The van der Waals surface area contributed by atoms with Gasteiger partial charge in [0.05, 0.1) is 0 Å². The van der Waals surface area contributed by atoms with Gasteiger partial charge in [0.2, 0.25) is 0 Å². The van der Waals surface area contributed by atoms with Crippen LogP contribution in [-0.2, 0) is 6.42 Å². The van der Waals surface area contributed by atoms with E-state index in [1.54, 1.807) is 0 Å². The van der Waals surface area contributed by atoms with Gasteiger partial charge in [-0.2, -0.15) is 0 Å². The molecule has 1 nitrogen and oxygen atoms in total. The van der Waals surface area contributed by atoms with Gasteiger partial charge in [-0.15, -0.1) is 0 Å². The number of hydrogen-bond acceptors (Lipinski definition) is 1. The summed E-state index contributed by atoms with van der Waals surface area (Å²) >= 11 is 0. The van der Waals surface area contributed by atoms with Gasteiger partial charge in [-0.3, -0.25) is 4.79 Å². The summed E-state index contributed by atoms with van der Waals surface area (Å²) in [6.45, 7) is 0. The van der Waals surface area contributed by atoms with Gasteiger partial charge >= 0.3 is 0 Å². The van der Waals surface area contributed by atoms with Crippen LogP contribution in [0.25, 0.3) is 0 Å². The predicted octanol–water partition coefficient (Wildman–Crippen LogP) is 1.40. The van der Waals surface area contributed by atoms with E-state index in [1.807, 2.05) is 12.1 Å². The lowest BCUT2D eigenvalue weighted by atomic mass is 10.2. The van der Waals surface area contributed by atoms with Crippen LogP contribution >= 0.6 is 0 Å². The number of hydrogen-bond donors (Lipinski definition) is 0. The molecule has 2 rings (SSSR count). The minimum Gasteiger partial charge on any atom is -0.298 e. The lowest BCUT2D eigenvalue weighted by Crippen LogP contribution is -1.74. The normalized spacial score (nSPS) is 12.4. The van der Waals surface area contributed by atoms with Crippen molar-refractivity contribution in [2.45, 2.75) is 6.42 Å². The number of aldehydes is 1. The molecule has 1 aromatic rings. The van der Waals surface area contributed by atoms with E-state index in [9.17, 15) is 4.79 Å². The van der Waals surface area contributed by atoms with E-state index in [0.717, 1.165) is 18.3 Å². The van der Waals surface area contributed by atoms with Gasteiger partial charge in [-0.25, -0.2) is 0 Å². The molecule has 0 aromatic heterocycles. The third kappa shape index (κ3) is 0.578. The van der Waals surface area contributed by atoms with Crippen molar-refractivity contribution in [1.29, 1.82) is 0 Å². The highest BCUT2D eigenvalue weighted by molar-refractivity contribution is 5.81. The molecule has 1 heteroatoms. The fourth-order valence-corrected chi connectivity index (χ4v) is 1.07. The smallest absolute Gasteiger partial charge is 0.150 e. The Hall–Kier alpha value is -1.11. The summed E-state index contributed by atoms with van der Waals surface area (Å²) in [5.41, 5.74) is 3.44. The molecule has 0 bridgehead atoms. The van der Waals surface area contributed by atoms with E-state index in [4.69, 9.17) is 0 Å². The van der Waals surface area contributed by atoms with Gasteiger partial charge in [0.1, 0.15) is 6.29 Å². The van der Waals surface area contributed by atoms with E-state index < -0.39 is 0 Å². The molecule has 0 atom stereocenters. The van der Waals surface area contributed by atoms with Crippen molar-refractivity contribution in [3.05, 3.63) is 34.9 Å². The van der Waals surface area contributed by atoms with Crippen LogP contribution in [0.1, 0.15) is 21.5 Å². The minimum absolute atomic E-state index is 0.868. The van der Waals surface area contributed by atoms with Crippen molar-refractivity contribution in [3.63, 3.8) is 0 Å². The first-order valence-electron chi connectivity index (χ1n) is 2.98. The molecule has 9 heavy (non-hydrogen) atoms. The molecular formula is C8H6O.